The van der Waals surface area contributed by atoms with Gasteiger partial charge in [-0.25, -0.2) is 0 Å². The van der Waals surface area contributed by atoms with Gasteiger partial charge in [-0.05, 0) is 31.7 Å². The first-order valence-corrected chi connectivity index (χ1v) is 9.39. The van der Waals surface area contributed by atoms with Gasteiger partial charge in [0, 0.05) is 37.8 Å². The van der Waals surface area contributed by atoms with Crippen LogP contribution in [0.2, 0.25) is 0 Å². The van der Waals surface area contributed by atoms with Crippen molar-refractivity contribution in [1.29, 1.82) is 5.26 Å². The third-order valence-electron chi connectivity index (χ3n) is 5.58. The lowest BCUT2D eigenvalue weighted by atomic mass is 9.84. The lowest BCUT2D eigenvalue weighted by Gasteiger charge is -2.40. The molecule has 1 aliphatic carbocycles. The molecule has 140 valence electrons. The Morgan fingerprint density at radius 1 is 1.31 bits per heavy atom. The predicted octanol–water partition coefficient (Wildman–Crippen LogP) is 3.04. The Morgan fingerprint density at radius 3 is 2.62 bits per heavy atom. The Bertz CT molecular complexity index is 687. The molecule has 2 aliphatic rings. The molecule has 7 nitrogen and oxygen atoms in total. The van der Waals surface area contributed by atoms with Crippen LogP contribution in [0.25, 0.3) is 0 Å². The van der Waals surface area contributed by atoms with Crippen LogP contribution in [-0.2, 0) is 0 Å². The van der Waals surface area contributed by atoms with Crippen molar-refractivity contribution in [3.05, 3.63) is 33.9 Å². The summed E-state index contributed by atoms with van der Waals surface area (Å²) < 4.78 is 0. The summed E-state index contributed by atoms with van der Waals surface area (Å²) in [5.74, 6) is 0. The molecule has 3 rings (SSSR count). The number of hydrogen-bond acceptors (Lipinski definition) is 6. The largest absolute Gasteiger partial charge is 0.389 e. The van der Waals surface area contributed by atoms with Gasteiger partial charge in [-0.15, -0.1) is 0 Å². The van der Waals surface area contributed by atoms with Crippen molar-refractivity contribution in [3.63, 3.8) is 0 Å². The molecular weight excluding hydrogens is 332 g/mol. The summed E-state index contributed by atoms with van der Waals surface area (Å²) in [4.78, 5) is 12.8. The molecule has 0 aromatic heterocycles. The first-order valence-electron chi connectivity index (χ1n) is 9.39. The average Bonchev–Trinajstić information content (AvgIpc) is 2.63. The fourth-order valence-corrected chi connectivity index (χ4v) is 4.10. The molecule has 1 aliphatic heterocycles. The van der Waals surface area contributed by atoms with Gasteiger partial charge in [0.15, 0.2) is 0 Å². The number of nitro benzene ring substituents is 1. The normalized spacial score (nSPS) is 21.1. The Labute approximate surface area is 153 Å². The van der Waals surface area contributed by atoms with E-state index in [-0.39, 0.29) is 11.7 Å². The number of benzene rings is 1. The molecule has 1 heterocycles. The Morgan fingerprint density at radius 2 is 2.00 bits per heavy atom. The van der Waals surface area contributed by atoms with Gasteiger partial charge in [0.25, 0.3) is 5.69 Å². The summed E-state index contributed by atoms with van der Waals surface area (Å²) in [6.45, 7) is 2.51. The highest BCUT2D eigenvalue weighted by molar-refractivity contribution is 5.62. The molecule has 26 heavy (non-hydrogen) atoms. The van der Waals surface area contributed by atoms with Crippen LogP contribution >= 0.6 is 0 Å². The van der Waals surface area contributed by atoms with E-state index in [9.17, 15) is 20.5 Å². The lowest BCUT2D eigenvalue weighted by Crippen LogP contribution is -2.48. The van der Waals surface area contributed by atoms with Crippen LogP contribution in [0.3, 0.4) is 0 Å². The van der Waals surface area contributed by atoms with Crippen LogP contribution in [0.15, 0.2) is 18.2 Å². The highest BCUT2D eigenvalue weighted by Crippen LogP contribution is 2.30. The van der Waals surface area contributed by atoms with Gasteiger partial charge < -0.3 is 15.3 Å². The molecule has 1 aromatic rings. The van der Waals surface area contributed by atoms with E-state index in [4.69, 9.17) is 0 Å². The number of aliphatic hydroxyl groups is 1. The second-order valence-electron chi connectivity index (χ2n) is 7.58. The maximum atomic E-state index is 11.0. The molecular formula is C19H26N4O3. The van der Waals surface area contributed by atoms with Crippen molar-refractivity contribution in [3.8, 4) is 6.07 Å². The van der Waals surface area contributed by atoms with E-state index in [2.05, 4.69) is 16.3 Å². The van der Waals surface area contributed by atoms with Crippen molar-refractivity contribution in [2.45, 2.75) is 56.6 Å². The zero-order chi connectivity index (χ0) is 18.6. The topological polar surface area (TPSA) is 102 Å². The van der Waals surface area contributed by atoms with E-state index in [1.807, 2.05) is 0 Å². The summed E-state index contributed by atoms with van der Waals surface area (Å²) in [5, 5.41) is 34.2. The number of nitro groups is 1. The number of non-ortho nitro benzene ring substituents is 1. The van der Waals surface area contributed by atoms with Crippen LogP contribution in [-0.4, -0.2) is 46.2 Å². The molecule has 2 N–H and O–H groups in total. The van der Waals surface area contributed by atoms with Crippen LogP contribution in [0, 0.1) is 21.4 Å². The number of anilines is 1. The minimum atomic E-state index is -0.535. The Balaban J connectivity index is 1.56. The van der Waals surface area contributed by atoms with Gasteiger partial charge in [0.1, 0.15) is 6.07 Å². The summed E-state index contributed by atoms with van der Waals surface area (Å²) in [7, 11) is 0. The number of β-amino-alcohol motifs (C(OH)–C–C–N with tert-alkyl or cyclic N) is 1. The predicted molar refractivity (Wildman–Crippen MR) is 98.9 cm³/mol. The van der Waals surface area contributed by atoms with Crippen LogP contribution in [0.4, 0.5) is 11.4 Å². The number of nitrogens with one attached hydrogen (secondary N) is 1. The van der Waals surface area contributed by atoms with Crippen molar-refractivity contribution >= 4 is 11.4 Å². The number of nitriles is 1. The number of hydrogen-bond donors (Lipinski definition) is 2. The fourth-order valence-electron chi connectivity index (χ4n) is 4.10. The third-order valence-corrected chi connectivity index (χ3v) is 5.58. The van der Waals surface area contributed by atoms with E-state index in [1.165, 1.54) is 24.6 Å². The SMILES string of the molecule is N#Cc1ccc([N+](=O)[O-])cc1NC1CCN(CC2(O)CCCCC2)CC1. The summed E-state index contributed by atoms with van der Waals surface area (Å²) in [6.07, 6.45) is 7.01. The smallest absolute Gasteiger partial charge is 0.271 e. The van der Waals surface area contributed by atoms with E-state index in [1.54, 1.807) is 0 Å². The molecule has 1 aromatic carbocycles. The molecule has 0 bridgehead atoms. The summed E-state index contributed by atoms with van der Waals surface area (Å²) in [6, 6.07) is 6.57. The molecule has 2 fully saturated rings. The zero-order valence-corrected chi connectivity index (χ0v) is 15.0. The molecule has 0 amide bonds. The molecule has 0 atom stereocenters. The highest BCUT2D eigenvalue weighted by Gasteiger charge is 2.32. The van der Waals surface area contributed by atoms with Gasteiger partial charge in [-0.2, -0.15) is 5.26 Å². The molecule has 0 radical (unpaired) electrons. The average molecular weight is 358 g/mol. The maximum absolute atomic E-state index is 11.0. The van der Waals surface area contributed by atoms with Gasteiger partial charge in [0.2, 0.25) is 0 Å². The number of rotatable bonds is 5. The minimum Gasteiger partial charge on any atom is -0.389 e. The zero-order valence-electron chi connectivity index (χ0n) is 15.0. The second-order valence-corrected chi connectivity index (χ2v) is 7.58. The fraction of sp³-hybridized carbons (Fsp3) is 0.632. The number of nitrogens with zero attached hydrogens (tertiary/aromatic N) is 3. The standard InChI is InChI=1S/C19H26N4O3/c20-13-15-4-5-17(23(25)26)12-18(15)21-16-6-10-22(11-7-16)14-19(24)8-2-1-3-9-19/h4-5,12,16,21,24H,1-3,6-11,14H2. The molecule has 7 heteroatoms. The van der Waals surface area contributed by atoms with E-state index in [0.717, 1.165) is 58.2 Å². The summed E-state index contributed by atoms with van der Waals surface area (Å²) in [5.41, 5.74) is 0.413. The van der Waals surface area contributed by atoms with Crippen LogP contribution < -0.4 is 5.32 Å². The van der Waals surface area contributed by atoms with E-state index < -0.39 is 10.5 Å². The van der Waals surface area contributed by atoms with Crippen LogP contribution in [0.5, 0.6) is 0 Å². The van der Waals surface area contributed by atoms with Crippen molar-refractivity contribution < 1.29 is 10.0 Å². The summed E-state index contributed by atoms with van der Waals surface area (Å²) >= 11 is 0. The van der Waals surface area contributed by atoms with Crippen molar-refractivity contribution in [2.24, 2.45) is 0 Å². The van der Waals surface area contributed by atoms with Gasteiger partial charge in [-0.1, -0.05) is 19.3 Å². The highest BCUT2D eigenvalue weighted by atomic mass is 16.6. The van der Waals surface area contributed by atoms with E-state index in [0.29, 0.717) is 11.3 Å². The quantitative estimate of drug-likeness (QED) is 0.619. The van der Waals surface area contributed by atoms with Gasteiger partial charge in [0.05, 0.1) is 21.8 Å². The Kier molecular flexibility index (Phi) is 5.74. The van der Waals surface area contributed by atoms with E-state index >= 15 is 0 Å². The van der Waals surface area contributed by atoms with Gasteiger partial charge >= 0.3 is 0 Å². The third kappa shape index (κ3) is 4.51. The molecule has 0 unspecified atom stereocenters. The monoisotopic (exact) mass is 358 g/mol. The first-order chi connectivity index (χ1) is 12.5. The molecule has 1 saturated carbocycles. The molecule has 0 spiro atoms. The van der Waals surface area contributed by atoms with Gasteiger partial charge in [-0.3, -0.25) is 10.1 Å². The second kappa shape index (κ2) is 8.02. The van der Waals surface area contributed by atoms with Crippen molar-refractivity contribution in [1.82, 2.24) is 4.90 Å². The number of piperidine rings is 1. The van der Waals surface area contributed by atoms with Crippen LogP contribution in [0.1, 0.15) is 50.5 Å². The van der Waals surface area contributed by atoms with Crippen molar-refractivity contribution in [2.75, 3.05) is 25.0 Å². The minimum absolute atomic E-state index is 0.0107. The Hall–Kier alpha value is -2.17. The lowest BCUT2D eigenvalue weighted by molar-refractivity contribution is -0.384. The molecule has 1 saturated heterocycles. The first kappa shape index (κ1) is 18.6. The maximum Gasteiger partial charge on any atom is 0.271 e. The number of likely N-dealkylation sites (tertiary alicyclic amines) is 1.